The molecule has 186 valence electrons. The molecule has 0 radical (unpaired) electrons. The second kappa shape index (κ2) is 8.02. The predicted octanol–water partition coefficient (Wildman–Crippen LogP) is 4.85. The van der Waals surface area contributed by atoms with E-state index in [-0.39, 0.29) is 22.6 Å². The molecule has 3 fully saturated rings. The molecule has 3 aliphatic carbocycles. The lowest BCUT2D eigenvalue weighted by Gasteiger charge is -2.60. The standard InChI is InChI=1S/C27H35N5O2S/c1-26-11-9-18-16(5-8-22-27(18,2)12-10-23(33)32(22)4)17(26)6-7-19(26)20-14-35-25(29-20)30-24(34)21-13-28-15-31(21)3/h10,12-19,22H,5-9,11H2,1-4H3,(H,29,30,34)/t16-,17-,18+,19?,22?,26-,27+/m0/s1. The third-order valence-corrected chi connectivity index (χ3v) is 11.1. The van der Waals surface area contributed by atoms with Gasteiger partial charge < -0.3 is 9.47 Å². The molecule has 2 aromatic rings. The Labute approximate surface area is 211 Å². The van der Waals surface area contributed by atoms with Crippen molar-refractivity contribution in [3.8, 4) is 0 Å². The van der Waals surface area contributed by atoms with E-state index in [9.17, 15) is 9.59 Å². The van der Waals surface area contributed by atoms with Gasteiger partial charge in [-0.2, -0.15) is 0 Å². The number of carbonyl (C=O) groups excluding carboxylic acids is 2. The molecule has 35 heavy (non-hydrogen) atoms. The van der Waals surface area contributed by atoms with Crippen molar-refractivity contribution in [1.82, 2.24) is 19.4 Å². The molecule has 7 atom stereocenters. The summed E-state index contributed by atoms with van der Waals surface area (Å²) in [5.41, 5.74) is 1.99. The summed E-state index contributed by atoms with van der Waals surface area (Å²) in [5, 5.41) is 5.80. The van der Waals surface area contributed by atoms with Gasteiger partial charge in [0, 0.05) is 36.9 Å². The summed E-state index contributed by atoms with van der Waals surface area (Å²) in [6.45, 7) is 4.90. The highest BCUT2D eigenvalue weighted by molar-refractivity contribution is 7.14. The van der Waals surface area contributed by atoms with E-state index in [0.29, 0.717) is 40.5 Å². The number of nitrogens with one attached hydrogen (secondary N) is 1. The topological polar surface area (TPSA) is 80.1 Å². The number of hydrogen-bond acceptors (Lipinski definition) is 5. The molecular formula is C27H35N5O2S. The summed E-state index contributed by atoms with van der Waals surface area (Å²) < 4.78 is 1.72. The number of nitrogens with zero attached hydrogens (tertiary/aromatic N) is 4. The Balaban J connectivity index is 1.22. The van der Waals surface area contributed by atoms with E-state index in [0.717, 1.165) is 18.5 Å². The van der Waals surface area contributed by atoms with Crippen molar-refractivity contribution in [2.75, 3.05) is 12.4 Å². The molecule has 2 unspecified atom stereocenters. The van der Waals surface area contributed by atoms with Crippen molar-refractivity contribution in [2.24, 2.45) is 35.6 Å². The Hall–Kier alpha value is -2.48. The number of hydrogen-bond donors (Lipinski definition) is 1. The zero-order valence-corrected chi connectivity index (χ0v) is 21.8. The van der Waals surface area contributed by atoms with Gasteiger partial charge in [-0.05, 0) is 67.8 Å². The Bertz CT molecular complexity index is 1200. The van der Waals surface area contributed by atoms with Gasteiger partial charge in [0.25, 0.3) is 5.91 Å². The molecule has 0 saturated heterocycles. The first-order valence-corrected chi connectivity index (χ1v) is 13.8. The minimum absolute atomic E-state index is 0.0782. The molecule has 3 saturated carbocycles. The van der Waals surface area contributed by atoms with Gasteiger partial charge in [-0.15, -0.1) is 11.3 Å². The fourth-order valence-electron chi connectivity index (χ4n) is 8.47. The van der Waals surface area contributed by atoms with E-state index in [2.05, 4.69) is 35.6 Å². The van der Waals surface area contributed by atoms with Crippen LogP contribution in [-0.2, 0) is 11.8 Å². The van der Waals surface area contributed by atoms with Crippen LogP contribution in [0.4, 0.5) is 5.13 Å². The summed E-state index contributed by atoms with van der Waals surface area (Å²) in [5.74, 6) is 2.44. The van der Waals surface area contributed by atoms with Crippen LogP contribution in [0.25, 0.3) is 0 Å². The van der Waals surface area contributed by atoms with E-state index in [4.69, 9.17) is 4.98 Å². The highest BCUT2D eigenvalue weighted by atomic mass is 32.1. The Morgan fingerprint density at radius 2 is 1.97 bits per heavy atom. The SMILES string of the molecule is CN1C(=O)C=C[C@@]2(C)C1CC[C@@H]1[C@H]2CC[C@]2(C)C(c3csc(NC(=O)c4cncn4C)n3)CC[C@@H]12. The van der Waals surface area contributed by atoms with Crippen molar-refractivity contribution >= 4 is 28.3 Å². The van der Waals surface area contributed by atoms with E-state index in [1.807, 2.05) is 25.1 Å². The van der Waals surface area contributed by atoms with Crippen LogP contribution in [0.15, 0.2) is 30.1 Å². The van der Waals surface area contributed by atoms with Crippen molar-refractivity contribution in [3.05, 3.63) is 41.4 Å². The molecule has 8 heteroatoms. The Morgan fingerprint density at radius 3 is 2.74 bits per heavy atom. The molecule has 2 amide bonds. The molecule has 1 N–H and O–H groups in total. The van der Waals surface area contributed by atoms with Crippen LogP contribution in [0.1, 0.15) is 74.5 Å². The van der Waals surface area contributed by atoms with Gasteiger partial charge in [-0.3, -0.25) is 14.9 Å². The largest absolute Gasteiger partial charge is 0.338 e. The van der Waals surface area contributed by atoms with Crippen LogP contribution in [0.3, 0.4) is 0 Å². The van der Waals surface area contributed by atoms with Crippen LogP contribution >= 0.6 is 11.3 Å². The zero-order valence-electron chi connectivity index (χ0n) is 21.0. The van der Waals surface area contributed by atoms with Crippen molar-refractivity contribution in [3.63, 3.8) is 0 Å². The highest BCUT2D eigenvalue weighted by Crippen LogP contribution is 2.67. The summed E-state index contributed by atoms with van der Waals surface area (Å²) in [4.78, 5) is 35.9. The zero-order chi connectivity index (χ0) is 24.5. The highest BCUT2D eigenvalue weighted by Gasteiger charge is 2.60. The van der Waals surface area contributed by atoms with Crippen LogP contribution in [0, 0.1) is 28.6 Å². The first kappa shape index (κ1) is 23.0. The maximum atomic E-state index is 12.6. The lowest BCUT2D eigenvalue weighted by Crippen LogP contribution is -2.59. The molecular weight excluding hydrogens is 458 g/mol. The fraction of sp³-hybridized carbons (Fsp3) is 0.630. The molecule has 0 bridgehead atoms. The third kappa shape index (κ3) is 3.35. The maximum Gasteiger partial charge on any atom is 0.275 e. The lowest BCUT2D eigenvalue weighted by molar-refractivity contribution is -0.138. The van der Waals surface area contributed by atoms with Gasteiger partial charge in [-0.1, -0.05) is 19.9 Å². The third-order valence-electron chi connectivity index (χ3n) is 10.3. The van der Waals surface area contributed by atoms with Crippen molar-refractivity contribution in [2.45, 2.75) is 64.3 Å². The van der Waals surface area contributed by atoms with Crippen LogP contribution < -0.4 is 5.32 Å². The van der Waals surface area contributed by atoms with E-state index in [1.54, 1.807) is 17.1 Å². The summed E-state index contributed by atoms with van der Waals surface area (Å²) in [7, 11) is 3.80. The molecule has 0 spiro atoms. The van der Waals surface area contributed by atoms with Crippen LogP contribution in [0.2, 0.25) is 0 Å². The second-order valence-corrected chi connectivity index (χ2v) is 12.6. The number of thiazole rings is 1. The smallest absolute Gasteiger partial charge is 0.275 e. The molecule has 3 heterocycles. The number of aromatic nitrogens is 3. The van der Waals surface area contributed by atoms with Crippen molar-refractivity contribution < 1.29 is 9.59 Å². The van der Waals surface area contributed by atoms with Crippen molar-refractivity contribution in [1.29, 1.82) is 0 Å². The number of aryl methyl sites for hydroxylation is 1. The quantitative estimate of drug-likeness (QED) is 0.663. The van der Waals surface area contributed by atoms with Gasteiger partial charge in [-0.25, -0.2) is 9.97 Å². The molecule has 2 aromatic heterocycles. The molecule has 0 aromatic carbocycles. The fourth-order valence-corrected chi connectivity index (χ4v) is 9.22. The number of amides is 2. The summed E-state index contributed by atoms with van der Waals surface area (Å²) >= 11 is 1.52. The van der Waals surface area contributed by atoms with Gasteiger partial charge in [0.15, 0.2) is 5.13 Å². The van der Waals surface area contributed by atoms with Gasteiger partial charge in [0.05, 0.1) is 18.2 Å². The Kier molecular flexibility index (Phi) is 5.26. The normalized spacial score (nSPS) is 38.1. The van der Waals surface area contributed by atoms with Gasteiger partial charge >= 0.3 is 0 Å². The van der Waals surface area contributed by atoms with E-state index < -0.39 is 0 Å². The number of carbonyl (C=O) groups is 2. The minimum atomic E-state index is -0.170. The lowest BCUT2D eigenvalue weighted by atomic mass is 9.47. The first-order valence-electron chi connectivity index (χ1n) is 12.9. The maximum absolute atomic E-state index is 12.6. The first-order chi connectivity index (χ1) is 16.7. The number of likely N-dealkylation sites (N-methyl/N-ethyl adjacent to an activating group) is 1. The average molecular weight is 494 g/mol. The average Bonchev–Trinajstić information content (AvgIpc) is 3.54. The summed E-state index contributed by atoms with van der Waals surface area (Å²) in [6, 6.07) is 0.326. The molecule has 7 nitrogen and oxygen atoms in total. The Morgan fingerprint density at radius 1 is 1.14 bits per heavy atom. The van der Waals surface area contributed by atoms with Crippen LogP contribution in [-0.4, -0.2) is 44.3 Å². The molecule has 1 aliphatic heterocycles. The summed E-state index contributed by atoms with van der Waals surface area (Å²) in [6.07, 6.45) is 14.4. The number of fused-ring (bicyclic) bond motifs is 5. The number of rotatable bonds is 3. The minimum Gasteiger partial charge on any atom is -0.338 e. The van der Waals surface area contributed by atoms with Gasteiger partial charge in [0.1, 0.15) is 5.69 Å². The number of imidazole rings is 1. The van der Waals surface area contributed by atoms with E-state index in [1.165, 1.54) is 37.0 Å². The van der Waals surface area contributed by atoms with Gasteiger partial charge in [0.2, 0.25) is 5.91 Å². The second-order valence-electron chi connectivity index (χ2n) is 11.7. The molecule has 4 aliphatic rings. The predicted molar refractivity (Wildman–Crippen MR) is 136 cm³/mol. The molecule has 6 rings (SSSR count). The monoisotopic (exact) mass is 493 g/mol. The van der Waals surface area contributed by atoms with Crippen LogP contribution in [0.5, 0.6) is 0 Å². The number of anilines is 1. The van der Waals surface area contributed by atoms with E-state index >= 15 is 0 Å².